The molecule has 3 amide bonds. The molecule has 3 N–H and O–H groups in total. The summed E-state index contributed by atoms with van der Waals surface area (Å²) in [6.07, 6.45) is 7.06. The normalized spacial score (nSPS) is 14.3. The molecule has 0 bridgehead atoms. The van der Waals surface area contributed by atoms with Gasteiger partial charge in [0.25, 0.3) is 5.97 Å². The molecule has 1 aliphatic rings. The lowest BCUT2D eigenvalue weighted by Gasteiger charge is -2.32. The number of likely N-dealkylation sites (tertiary alicyclic amines) is 1. The lowest BCUT2D eigenvalue weighted by atomic mass is 9.87. The van der Waals surface area contributed by atoms with Crippen LogP contribution in [0.1, 0.15) is 117 Å². The third kappa shape index (κ3) is 50.5. The summed E-state index contributed by atoms with van der Waals surface area (Å²) in [5.41, 5.74) is 0.197. The molecule has 0 saturated carbocycles. The number of rotatable bonds is 11. The highest BCUT2D eigenvalue weighted by atomic mass is 32.2. The molecule has 0 aromatic rings. The van der Waals surface area contributed by atoms with E-state index in [0.717, 1.165) is 51.7 Å². The molecular weight excluding hydrogens is 630 g/mol. The molecule has 1 rings (SSSR count). The van der Waals surface area contributed by atoms with Crippen molar-refractivity contribution in [2.45, 2.75) is 129 Å². The van der Waals surface area contributed by atoms with Crippen LogP contribution in [0.4, 0.5) is 0 Å². The summed E-state index contributed by atoms with van der Waals surface area (Å²) >= 11 is 0. The largest absolute Gasteiger partial charge is 0.481 e. The summed E-state index contributed by atoms with van der Waals surface area (Å²) in [7, 11) is 4.71. The average Bonchev–Trinajstić information content (AvgIpc) is 3.46. The molecule has 1 saturated heterocycles. The Bertz CT molecular complexity index is 745. The van der Waals surface area contributed by atoms with Gasteiger partial charge in [-0.25, -0.2) is 8.51 Å². The van der Waals surface area contributed by atoms with E-state index >= 15 is 0 Å². The first-order chi connectivity index (χ1) is 22.2. The second-order valence-corrected chi connectivity index (χ2v) is 13.5. The third-order valence-electron chi connectivity index (χ3n) is 5.64. The van der Waals surface area contributed by atoms with Gasteiger partial charge in [-0.05, 0) is 51.1 Å². The quantitative estimate of drug-likeness (QED) is 0.169. The number of amides is 3. The minimum absolute atomic E-state index is 0.0205. The highest BCUT2D eigenvalue weighted by molar-refractivity contribution is 7.81. The van der Waals surface area contributed by atoms with E-state index in [2.05, 4.69) is 58.8 Å². The minimum atomic E-state index is -0.874. The molecule has 0 aromatic heterocycles. The molecule has 0 radical (unpaired) electrons. The van der Waals surface area contributed by atoms with Gasteiger partial charge in [-0.3, -0.25) is 19.2 Å². The van der Waals surface area contributed by atoms with E-state index in [0.29, 0.717) is 24.4 Å². The molecule has 0 spiro atoms. The molecule has 4 atom stereocenters. The fourth-order valence-corrected chi connectivity index (χ4v) is 3.63. The van der Waals surface area contributed by atoms with Crippen molar-refractivity contribution in [2.75, 3.05) is 53.6 Å². The van der Waals surface area contributed by atoms with Crippen LogP contribution in [-0.4, -0.2) is 114 Å². The second-order valence-electron chi connectivity index (χ2n) is 12.0. The molecule has 0 aromatic carbocycles. The number of nitrogens with zero attached hydrogens (tertiary/aromatic N) is 3. The smallest absolute Gasteiger partial charge is 0.300 e. The summed E-state index contributed by atoms with van der Waals surface area (Å²) in [5, 5.41) is 13.0. The lowest BCUT2D eigenvalue weighted by molar-refractivity contribution is -0.134. The van der Waals surface area contributed by atoms with E-state index in [1.165, 1.54) is 0 Å². The average molecular weight is 712 g/mol. The number of carboxylic acid groups (broad SMARTS) is 1. The Kier molecular flexibility index (Phi) is 54.2. The molecule has 0 aliphatic carbocycles. The van der Waals surface area contributed by atoms with Crippen molar-refractivity contribution >= 4 is 35.7 Å². The maximum absolute atomic E-state index is 11.3. The van der Waals surface area contributed by atoms with Gasteiger partial charge in [-0.2, -0.15) is 0 Å². The summed E-state index contributed by atoms with van der Waals surface area (Å²) in [5.74, 6) is 0.410. The van der Waals surface area contributed by atoms with Gasteiger partial charge in [0.15, 0.2) is 0 Å². The third-order valence-corrected chi connectivity index (χ3v) is 6.67. The van der Waals surface area contributed by atoms with Gasteiger partial charge in [0, 0.05) is 51.9 Å². The van der Waals surface area contributed by atoms with Crippen LogP contribution in [0.25, 0.3) is 0 Å². The standard InChI is InChI=1S/C9H22N2OS.C8H14N2O2.C7H13NO.C4H10.C2H4O2.3C2H6/c1-9(2,3)8(10-4)7-11(5)13(6)12;1-7-3-2-4-10(7)8(12)5-9-6-11;1-4-7(2)5-8(3)6-9;1-4(2)3;1-2(3)4;3*1-2/h8,10H,7H2,1-6H3;6-7H,2-5H2,1H3,(H,9,11);4,6-7H,1,5H2,2-3H3;4H,1-3H3;1H3,(H,3,4);3*1-2H3/t;7-;;;;;;/m.1....../s1. The van der Waals surface area contributed by atoms with Gasteiger partial charge >= 0.3 is 0 Å². The van der Waals surface area contributed by atoms with Crippen LogP contribution in [0.5, 0.6) is 0 Å². The molecule has 1 aliphatic heterocycles. The minimum Gasteiger partial charge on any atom is -0.481 e. The first kappa shape index (κ1) is 61.0. The van der Waals surface area contributed by atoms with Gasteiger partial charge in [0.05, 0.1) is 17.5 Å². The van der Waals surface area contributed by atoms with Crippen molar-refractivity contribution in [1.29, 1.82) is 0 Å². The second kappa shape index (κ2) is 42.7. The van der Waals surface area contributed by atoms with E-state index in [-0.39, 0.29) is 17.9 Å². The molecule has 48 heavy (non-hydrogen) atoms. The van der Waals surface area contributed by atoms with Crippen molar-refractivity contribution in [2.24, 2.45) is 17.3 Å². The van der Waals surface area contributed by atoms with E-state index in [4.69, 9.17) is 9.90 Å². The maximum Gasteiger partial charge on any atom is 0.300 e. The maximum atomic E-state index is 11.3. The van der Waals surface area contributed by atoms with E-state index < -0.39 is 17.0 Å². The van der Waals surface area contributed by atoms with Crippen molar-refractivity contribution in [3.8, 4) is 0 Å². The number of carbonyl (C=O) groups is 4. The van der Waals surface area contributed by atoms with Crippen LogP contribution in [0.3, 0.4) is 0 Å². The van der Waals surface area contributed by atoms with Gasteiger partial charge in [0.1, 0.15) is 0 Å². The number of nitrogens with one attached hydrogen (secondary N) is 2. The first-order valence-electron chi connectivity index (χ1n) is 17.4. The van der Waals surface area contributed by atoms with Crippen LogP contribution >= 0.6 is 0 Å². The van der Waals surface area contributed by atoms with Crippen LogP contribution in [0.2, 0.25) is 0 Å². The van der Waals surface area contributed by atoms with Crippen molar-refractivity contribution < 1.29 is 28.5 Å². The van der Waals surface area contributed by atoms with Gasteiger partial charge in [-0.1, -0.05) is 96.1 Å². The Labute approximate surface area is 300 Å². The SMILES string of the molecule is C=CC(C)CN(C)C=O.CC.CC.CC.CC(=O)O.CC(C)C.CNC(CN(C)S(C)=O)C(C)(C)C.C[C@@H]1CCCN1C(=O)CNC=O. The Balaban J connectivity index is -0.0000000888. The van der Waals surface area contributed by atoms with E-state index in [9.17, 15) is 18.6 Å². The summed E-state index contributed by atoms with van der Waals surface area (Å²) < 4.78 is 13.0. The van der Waals surface area contributed by atoms with Gasteiger partial charge in [0.2, 0.25) is 18.7 Å². The zero-order valence-electron chi connectivity index (χ0n) is 34.7. The summed E-state index contributed by atoms with van der Waals surface area (Å²) in [4.78, 5) is 43.7. The van der Waals surface area contributed by atoms with E-state index in [1.54, 1.807) is 18.2 Å². The number of likely N-dealkylation sites (N-methyl/N-ethyl adjacent to an activating group) is 2. The predicted molar refractivity (Wildman–Crippen MR) is 209 cm³/mol. The topological polar surface area (TPSA) is 139 Å². The Morgan fingerprint density at radius 2 is 1.44 bits per heavy atom. The molecule has 11 nitrogen and oxygen atoms in total. The zero-order valence-corrected chi connectivity index (χ0v) is 35.5. The molecule has 1 fully saturated rings. The number of aliphatic carboxylic acids is 1. The molecule has 292 valence electrons. The first-order valence-corrected chi connectivity index (χ1v) is 18.9. The van der Waals surface area contributed by atoms with Crippen LogP contribution in [-0.2, 0) is 30.2 Å². The van der Waals surface area contributed by atoms with Gasteiger partial charge < -0.3 is 25.5 Å². The lowest BCUT2D eigenvalue weighted by Crippen LogP contribution is -2.46. The Morgan fingerprint density at radius 1 is 1.02 bits per heavy atom. The van der Waals surface area contributed by atoms with Gasteiger partial charge in [-0.15, -0.1) is 6.58 Å². The summed E-state index contributed by atoms with van der Waals surface area (Å²) in [6.45, 7) is 36.3. The number of carbonyl (C=O) groups excluding carboxylic acids is 3. The van der Waals surface area contributed by atoms with Crippen molar-refractivity contribution in [1.82, 2.24) is 24.7 Å². The summed E-state index contributed by atoms with van der Waals surface area (Å²) in [6, 6.07) is 0.701. The van der Waals surface area contributed by atoms with Crippen molar-refractivity contribution in [3.63, 3.8) is 0 Å². The predicted octanol–water partition coefficient (Wildman–Crippen LogP) is 6.32. The molecule has 1 heterocycles. The monoisotopic (exact) mass is 712 g/mol. The zero-order chi connectivity index (χ0) is 40.1. The fourth-order valence-electron chi connectivity index (χ4n) is 3.27. The van der Waals surface area contributed by atoms with Crippen LogP contribution in [0.15, 0.2) is 12.7 Å². The Hall–Kier alpha value is -2.31. The molecular formula is C36H81N5O6S. The number of carboxylic acids is 1. The molecule has 12 heteroatoms. The van der Waals surface area contributed by atoms with Crippen molar-refractivity contribution in [3.05, 3.63) is 12.7 Å². The highest BCUT2D eigenvalue weighted by Crippen LogP contribution is 2.19. The Morgan fingerprint density at radius 3 is 1.69 bits per heavy atom. The number of hydrogen-bond acceptors (Lipinski definition) is 6. The number of hydrogen-bond donors (Lipinski definition) is 3. The highest BCUT2D eigenvalue weighted by Gasteiger charge is 2.25. The van der Waals surface area contributed by atoms with E-state index in [1.807, 2.05) is 84.8 Å². The van der Waals surface area contributed by atoms with Crippen LogP contribution < -0.4 is 10.6 Å². The van der Waals surface area contributed by atoms with Crippen LogP contribution in [0, 0.1) is 17.3 Å². The molecule has 3 unspecified atom stereocenters. The fraction of sp³-hybridized carbons (Fsp3) is 0.833.